The van der Waals surface area contributed by atoms with Crippen LogP contribution >= 0.6 is 0 Å². The minimum atomic E-state index is -0.548. The number of amides is 1. The van der Waals surface area contributed by atoms with E-state index in [1.807, 2.05) is 13.8 Å². The number of hydrogen-bond acceptors (Lipinski definition) is 3. The minimum Gasteiger partial charge on any atom is -0.481 e. The Morgan fingerprint density at radius 1 is 1.35 bits per heavy atom. The standard InChI is InChI=1S/C15H20FNO3/c1-9(2)15(11(4)18)17-13(19)8-20-12-7-5-6-10(3)14(12)16/h5-7,9,15H,8H2,1-4H3,(H,17,19). The summed E-state index contributed by atoms with van der Waals surface area (Å²) in [6.07, 6.45) is 0. The van der Waals surface area contributed by atoms with E-state index in [0.29, 0.717) is 5.56 Å². The molecule has 1 N–H and O–H groups in total. The van der Waals surface area contributed by atoms with E-state index in [1.54, 1.807) is 19.1 Å². The summed E-state index contributed by atoms with van der Waals surface area (Å²) in [5.74, 6) is -1.02. The molecule has 0 aromatic heterocycles. The molecule has 1 amide bonds. The van der Waals surface area contributed by atoms with Crippen molar-refractivity contribution >= 4 is 11.7 Å². The highest BCUT2D eigenvalue weighted by molar-refractivity contribution is 5.88. The van der Waals surface area contributed by atoms with Gasteiger partial charge in [0.2, 0.25) is 0 Å². The van der Waals surface area contributed by atoms with Gasteiger partial charge >= 0.3 is 0 Å². The Hall–Kier alpha value is -1.91. The Morgan fingerprint density at radius 3 is 2.55 bits per heavy atom. The first-order chi connectivity index (χ1) is 9.32. The highest BCUT2D eigenvalue weighted by atomic mass is 19.1. The highest BCUT2D eigenvalue weighted by Crippen LogP contribution is 2.19. The number of benzene rings is 1. The lowest BCUT2D eigenvalue weighted by molar-refractivity contribution is -0.129. The van der Waals surface area contributed by atoms with Crippen LogP contribution in [0, 0.1) is 18.7 Å². The van der Waals surface area contributed by atoms with E-state index < -0.39 is 17.8 Å². The molecule has 4 nitrogen and oxygen atoms in total. The number of rotatable bonds is 6. The van der Waals surface area contributed by atoms with Crippen LogP contribution < -0.4 is 10.1 Å². The minimum absolute atomic E-state index is 0.00726. The monoisotopic (exact) mass is 281 g/mol. The second-order valence-corrected chi connectivity index (χ2v) is 5.08. The van der Waals surface area contributed by atoms with Gasteiger partial charge in [-0.3, -0.25) is 9.59 Å². The molecule has 0 aliphatic carbocycles. The van der Waals surface area contributed by atoms with Gasteiger partial charge in [0.05, 0.1) is 6.04 Å². The number of ether oxygens (including phenoxy) is 1. The Labute approximate surface area is 118 Å². The van der Waals surface area contributed by atoms with E-state index in [9.17, 15) is 14.0 Å². The van der Waals surface area contributed by atoms with Crippen LogP contribution in [0.5, 0.6) is 5.75 Å². The Morgan fingerprint density at radius 2 is 2.00 bits per heavy atom. The summed E-state index contributed by atoms with van der Waals surface area (Å²) in [4.78, 5) is 23.1. The van der Waals surface area contributed by atoms with Crippen molar-refractivity contribution in [2.24, 2.45) is 5.92 Å². The third-order valence-corrected chi connectivity index (χ3v) is 2.94. The van der Waals surface area contributed by atoms with Gasteiger partial charge in [0, 0.05) is 0 Å². The zero-order valence-electron chi connectivity index (χ0n) is 12.2. The van der Waals surface area contributed by atoms with E-state index >= 15 is 0 Å². The molecular weight excluding hydrogens is 261 g/mol. The van der Waals surface area contributed by atoms with E-state index in [1.165, 1.54) is 13.0 Å². The van der Waals surface area contributed by atoms with E-state index in [0.717, 1.165) is 0 Å². The van der Waals surface area contributed by atoms with Crippen LogP contribution in [0.25, 0.3) is 0 Å². The van der Waals surface area contributed by atoms with Crippen molar-refractivity contribution in [1.29, 1.82) is 0 Å². The second-order valence-electron chi connectivity index (χ2n) is 5.08. The number of carbonyl (C=O) groups is 2. The third kappa shape index (κ3) is 4.33. The molecule has 0 saturated heterocycles. The van der Waals surface area contributed by atoms with E-state index in [2.05, 4.69) is 5.32 Å². The molecule has 0 spiro atoms. The Balaban J connectivity index is 2.59. The number of nitrogens with one attached hydrogen (secondary N) is 1. The number of halogens is 1. The van der Waals surface area contributed by atoms with Crippen LogP contribution in [-0.2, 0) is 9.59 Å². The summed E-state index contributed by atoms with van der Waals surface area (Å²) in [6.45, 7) is 6.40. The van der Waals surface area contributed by atoms with E-state index in [-0.39, 0.29) is 24.1 Å². The topological polar surface area (TPSA) is 55.4 Å². The molecule has 0 fully saturated rings. The number of ketones is 1. The fraction of sp³-hybridized carbons (Fsp3) is 0.467. The lowest BCUT2D eigenvalue weighted by Crippen LogP contribution is -2.45. The van der Waals surface area contributed by atoms with Gasteiger partial charge in [0.15, 0.2) is 24.0 Å². The summed E-state index contributed by atoms with van der Waals surface area (Å²) in [7, 11) is 0. The average molecular weight is 281 g/mol. The fourth-order valence-electron chi connectivity index (χ4n) is 1.83. The van der Waals surface area contributed by atoms with Crippen molar-refractivity contribution in [3.63, 3.8) is 0 Å². The number of carbonyl (C=O) groups excluding carboxylic acids is 2. The fourth-order valence-corrected chi connectivity index (χ4v) is 1.83. The highest BCUT2D eigenvalue weighted by Gasteiger charge is 2.20. The Bertz CT molecular complexity index is 500. The van der Waals surface area contributed by atoms with Crippen molar-refractivity contribution in [1.82, 2.24) is 5.32 Å². The van der Waals surface area contributed by atoms with Crippen molar-refractivity contribution in [2.75, 3.05) is 6.61 Å². The zero-order chi connectivity index (χ0) is 15.3. The molecule has 0 bridgehead atoms. The van der Waals surface area contributed by atoms with Gasteiger partial charge in [-0.15, -0.1) is 0 Å². The molecule has 1 aromatic carbocycles. The lowest BCUT2D eigenvalue weighted by atomic mass is 10.0. The van der Waals surface area contributed by atoms with Gasteiger partial charge in [0.1, 0.15) is 0 Å². The van der Waals surface area contributed by atoms with Gasteiger partial charge in [-0.25, -0.2) is 4.39 Å². The first kappa shape index (κ1) is 16.1. The normalized spacial score (nSPS) is 12.1. The molecule has 0 radical (unpaired) electrons. The van der Waals surface area contributed by atoms with Gasteiger partial charge < -0.3 is 10.1 Å². The van der Waals surface area contributed by atoms with Crippen LogP contribution in [0.1, 0.15) is 26.3 Å². The van der Waals surface area contributed by atoms with Crippen LogP contribution in [0.2, 0.25) is 0 Å². The summed E-state index contributed by atoms with van der Waals surface area (Å²) < 4.78 is 18.8. The number of aryl methyl sites for hydroxylation is 1. The molecule has 0 aliphatic rings. The summed E-state index contributed by atoms with van der Waals surface area (Å²) >= 11 is 0. The smallest absolute Gasteiger partial charge is 0.258 e. The van der Waals surface area contributed by atoms with Crippen LogP contribution in [-0.4, -0.2) is 24.3 Å². The van der Waals surface area contributed by atoms with E-state index in [4.69, 9.17) is 4.74 Å². The number of Topliss-reactive ketones (excluding diaryl/α,β-unsaturated/α-hetero) is 1. The Kier molecular flexibility index (Phi) is 5.67. The predicted octanol–water partition coefficient (Wildman–Crippen LogP) is 2.24. The van der Waals surface area contributed by atoms with Gasteiger partial charge in [-0.05, 0) is 31.4 Å². The zero-order valence-corrected chi connectivity index (χ0v) is 12.2. The molecule has 0 heterocycles. The quantitative estimate of drug-likeness (QED) is 0.870. The average Bonchev–Trinajstić information content (AvgIpc) is 2.37. The summed E-state index contributed by atoms with van der Waals surface area (Å²) in [6, 6.07) is 4.18. The van der Waals surface area contributed by atoms with Gasteiger partial charge in [0.25, 0.3) is 5.91 Å². The molecule has 1 unspecified atom stereocenters. The lowest BCUT2D eigenvalue weighted by Gasteiger charge is -2.19. The first-order valence-corrected chi connectivity index (χ1v) is 6.50. The molecule has 110 valence electrons. The van der Waals surface area contributed by atoms with Crippen molar-refractivity contribution in [3.05, 3.63) is 29.6 Å². The molecule has 20 heavy (non-hydrogen) atoms. The van der Waals surface area contributed by atoms with Gasteiger partial charge in [-0.1, -0.05) is 26.0 Å². The van der Waals surface area contributed by atoms with Crippen molar-refractivity contribution in [3.8, 4) is 5.75 Å². The van der Waals surface area contributed by atoms with Crippen molar-refractivity contribution in [2.45, 2.75) is 33.7 Å². The van der Waals surface area contributed by atoms with Crippen LogP contribution in [0.15, 0.2) is 18.2 Å². The number of hydrogen-bond donors (Lipinski definition) is 1. The molecule has 0 saturated carbocycles. The molecular formula is C15H20FNO3. The molecule has 1 aromatic rings. The molecule has 1 rings (SSSR count). The summed E-state index contributed by atoms with van der Waals surface area (Å²) in [5, 5.41) is 2.58. The van der Waals surface area contributed by atoms with Crippen LogP contribution in [0.4, 0.5) is 4.39 Å². The second kappa shape index (κ2) is 7.03. The summed E-state index contributed by atoms with van der Waals surface area (Å²) in [5.41, 5.74) is 0.451. The van der Waals surface area contributed by atoms with Crippen LogP contribution in [0.3, 0.4) is 0 Å². The maximum atomic E-state index is 13.7. The largest absolute Gasteiger partial charge is 0.481 e. The maximum Gasteiger partial charge on any atom is 0.258 e. The van der Waals surface area contributed by atoms with Crippen molar-refractivity contribution < 1.29 is 18.7 Å². The molecule has 0 aliphatic heterocycles. The SMILES string of the molecule is CC(=O)C(NC(=O)COc1cccc(C)c1F)C(C)C. The molecule has 1 atom stereocenters. The third-order valence-electron chi connectivity index (χ3n) is 2.94. The molecule has 5 heteroatoms. The predicted molar refractivity (Wildman–Crippen MR) is 74.1 cm³/mol. The van der Waals surface area contributed by atoms with Gasteiger partial charge in [-0.2, -0.15) is 0 Å². The first-order valence-electron chi connectivity index (χ1n) is 6.50. The maximum absolute atomic E-state index is 13.7.